The van der Waals surface area contributed by atoms with Crippen LogP contribution < -0.4 is 11.1 Å². The zero-order chi connectivity index (χ0) is 19.2. The van der Waals surface area contributed by atoms with E-state index in [1.165, 1.54) is 16.7 Å². The van der Waals surface area contributed by atoms with Gasteiger partial charge in [-0.1, -0.05) is 12.1 Å². The Morgan fingerprint density at radius 1 is 1.33 bits per heavy atom. The fraction of sp³-hybridized carbons (Fsp3) is 0.556. The topological polar surface area (TPSA) is 108 Å². The number of nitrogens with two attached hydrogens (primary N) is 1. The summed E-state index contributed by atoms with van der Waals surface area (Å²) in [5.41, 5.74) is 7.10. The molecule has 1 aromatic carbocycles. The molecule has 0 aliphatic heterocycles. The monoisotopic (exact) mass is 390 g/mol. The van der Waals surface area contributed by atoms with Crippen molar-refractivity contribution >= 4 is 17.7 Å². The van der Waals surface area contributed by atoms with Gasteiger partial charge in [0.15, 0.2) is 5.82 Å². The van der Waals surface area contributed by atoms with E-state index < -0.39 is 0 Å². The fourth-order valence-corrected chi connectivity index (χ4v) is 3.76. The first-order valence-electron chi connectivity index (χ1n) is 9.09. The van der Waals surface area contributed by atoms with Crippen LogP contribution in [-0.4, -0.2) is 51.6 Å². The van der Waals surface area contributed by atoms with Gasteiger partial charge in [0.2, 0.25) is 0 Å². The third kappa shape index (κ3) is 5.06. The van der Waals surface area contributed by atoms with Gasteiger partial charge in [0.05, 0.1) is 13.2 Å². The second-order valence-corrected chi connectivity index (χ2v) is 7.64. The largest absolute Gasteiger partial charge is 0.468 e. The second kappa shape index (κ2) is 9.29. The van der Waals surface area contributed by atoms with Gasteiger partial charge < -0.3 is 15.8 Å². The van der Waals surface area contributed by atoms with Crippen molar-refractivity contribution in [3.63, 3.8) is 0 Å². The Hall–Kier alpha value is -1.97. The number of aromatic nitrogens is 4. The van der Waals surface area contributed by atoms with E-state index in [0.717, 1.165) is 31.2 Å². The molecular formula is C18H26N6O2S. The number of benzene rings is 1. The molecular weight excluding hydrogens is 364 g/mol. The molecule has 0 amide bonds. The van der Waals surface area contributed by atoms with E-state index in [2.05, 4.69) is 45.1 Å². The summed E-state index contributed by atoms with van der Waals surface area (Å²) in [4.78, 5) is 12.9. The number of nitrogens with zero attached hydrogens (tertiary/aromatic N) is 4. The number of tetrazole rings is 1. The first kappa shape index (κ1) is 19.8. The SMILES string of the molecule is COC(=O)Cn1nnnc1C(NC1CCC(N)CC1)c1ccc(SC)cc1. The number of hydrogen-bond donors (Lipinski definition) is 2. The van der Waals surface area contributed by atoms with Gasteiger partial charge in [0.25, 0.3) is 0 Å². The van der Waals surface area contributed by atoms with Gasteiger partial charge in [0, 0.05) is 17.0 Å². The van der Waals surface area contributed by atoms with Crippen LogP contribution in [0.1, 0.15) is 43.1 Å². The number of esters is 1. The minimum Gasteiger partial charge on any atom is -0.468 e. The summed E-state index contributed by atoms with van der Waals surface area (Å²) < 4.78 is 6.26. The highest BCUT2D eigenvalue weighted by atomic mass is 32.2. The van der Waals surface area contributed by atoms with Crippen molar-refractivity contribution in [2.75, 3.05) is 13.4 Å². The molecule has 1 saturated carbocycles. The Kier molecular flexibility index (Phi) is 6.81. The number of carbonyl (C=O) groups excluding carboxylic acids is 1. The molecule has 0 bridgehead atoms. The lowest BCUT2D eigenvalue weighted by Gasteiger charge is -2.30. The van der Waals surface area contributed by atoms with Gasteiger partial charge in [-0.2, -0.15) is 0 Å². The van der Waals surface area contributed by atoms with Crippen LogP contribution in [0.15, 0.2) is 29.2 Å². The van der Waals surface area contributed by atoms with Gasteiger partial charge in [-0.3, -0.25) is 4.79 Å². The zero-order valence-electron chi connectivity index (χ0n) is 15.7. The van der Waals surface area contributed by atoms with E-state index in [-0.39, 0.29) is 24.6 Å². The van der Waals surface area contributed by atoms with Crippen molar-refractivity contribution < 1.29 is 9.53 Å². The van der Waals surface area contributed by atoms with Gasteiger partial charge >= 0.3 is 5.97 Å². The molecule has 27 heavy (non-hydrogen) atoms. The van der Waals surface area contributed by atoms with Crippen LogP contribution in [0.25, 0.3) is 0 Å². The maximum absolute atomic E-state index is 11.7. The molecule has 0 saturated heterocycles. The van der Waals surface area contributed by atoms with Crippen molar-refractivity contribution in [3.05, 3.63) is 35.7 Å². The molecule has 1 fully saturated rings. The molecule has 1 heterocycles. The van der Waals surface area contributed by atoms with E-state index in [9.17, 15) is 4.79 Å². The Morgan fingerprint density at radius 2 is 2.04 bits per heavy atom. The molecule has 1 aromatic heterocycles. The molecule has 0 spiro atoms. The molecule has 1 unspecified atom stereocenters. The number of thioether (sulfide) groups is 1. The average Bonchev–Trinajstić information content (AvgIpc) is 3.15. The molecule has 2 aromatic rings. The second-order valence-electron chi connectivity index (χ2n) is 6.76. The highest BCUT2D eigenvalue weighted by Crippen LogP contribution is 2.26. The molecule has 3 N–H and O–H groups in total. The van der Waals surface area contributed by atoms with Crippen LogP contribution in [0.4, 0.5) is 0 Å². The van der Waals surface area contributed by atoms with Crippen molar-refractivity contribution in [2.45, 2.75) is 55.2 Å². The highest BCUT2D eigenvalue weighted by molar-refractivity contribution is 7.98. The molecule has 0 radical (unpaired) electrons. The van der Waals surface area contributed by atoms with Gasteiger partial charge in [0.1, 0.15) is 6.54 Å². The van der Waals surface area contributed by atoms with Crippen LogP contribution in [0.3, 0.4) is 0 Å². The van der Waals surface area contributed by atoms with Crippen LogP contribution in [0, 0.1) is 0 Å². The number of ether oxygens (including phenoxy) is 1. The Labute approximate surface area is 163 Å². The predicted molar refractivity (Wildman–Crippen MR) is 103 cm³/mol. The van der Waals surface area contributed by atoms with Crippen LogP contribution in [-0.2, 0) is 16.1 Å². The lowest BCUT2D eigenvalue weighted by atomic mass is 9.90. The van der Waals surface area contributed by atoms with Gasteiger partial charge in [-0.15, -0.1) is 16.9 Å². The summed E-state index contributed by atoms with van der Waals surface area (Å²) in [6.07, 6.45) is 6.08. The third-order valence-corrected chi connectivity index (χ3v) is 5.69. The summed E-state index contributed by atoms with van der Waals surface area (Å²) in [6.45, 7) is -0.0184. The van der Waals surface area contributed by atoms with E-state index in [4.69, 9.17) is 10.5 Å². The Morgan fingerprint density at radius 3 is 2.67 bits per heavy atom. The minimum absolute atomic E-state index is 0.0184. The van der Waals surface area contributed by atoms with Crippen LogP contribution >= 0.6 is 11.8 Å². The molecule has 1 atom stereocenters. The number of hydrogen-bond acceptors (Lipinski definition) is 8. The van der Waals surface area contributed by atoms with Crippen molar-refractivity contribution in [1.82, 2.24) is 25.5 Å². The highest BCUT2D eigenvalue weighted by Gasteiger charge is 2.27. The summed E-state index contributed by atoms with van der Waals surface area (Å²) in [7, 11) is 1.36. The lowest BCUT2D eigenvalue weighted by Crippen LogP contribution is -2.40. The van der Waals surface area contributed by atoms with E-state index in [1.54, 1.807) is 11.8 Å². The summed E-state index contributed by atoms with van der Waals surface area (Å²) in [6, 6.07) is 8.73. The van der Waals surface area contributed by atoms with Crippen molar-refractivity contribution in [1.29, 1.82) is 0 Å². The molecule has 9 heteroatoms. The number of rotatable bonds is 7. The quantitative estimate of drug-likeness (QED) is 0.541. The maximum Gasteiger partial charge on any atom is 0.327 e. The standard InChI is InChI=1S/C18H26N6O2S/c1-26-16(25)11-24-18(21-22-23-24)17(12-3-9-15(27-2)10-4-12)20-14-7-5-13(19)6-8-14/h3-4,9-10,13-14,17,20H,5-8,11,19H2,1-2H3. The lowest BCUT2D eigenvalue weighted by molar-refractivity contribution is -0.141. The Balaban J connectivity index is 1.87. The number of methoxy groups -OCH3 is 1. The summed E-state index contributed by atoms with van der Waals surface area (Å²) >= 11 is 1.70. The van der Waals surface area contributed by atoms with Crippen molar-refractivity contribution in [2.24, 2.45) is 5.73 Å². The zero-order valence-corrected chi connectivity index (χ0v) is 16.5. The summed E-state index contributed by atoms with van der Waals surface area (Å²) in [5.74, 6) is 0.218. The van der Waals surface area contributed by atoms with E-state index in [0.29, 0.717) is 11.9 Å². The average molecular weight is 391 g/mol. The molecule has 1 aliphatic rings. The maximum atomic E-state index is 11.7. The van der Waals surface area contributed by atoms with Crippen molar-refractivity contribution in [3.8, 4) is 0 Å². The Bertz CT molecular complexity index is 743. The van der Waals surface area contributed by atoms with Gasteiger partial charge in [-0.05, 0) is 60.1 Å². The van der Waals surface area contributed by atoms with Crippen LogP contribution in [0.5, 0.6) is 0 Å². The smallest absolute Gasteiger partial charge is 0.327 e. The molecule has 3 rings (SSSR count). The molecule has 1 aliphatic carbocycles. The third-order valence-electron chi connectivity index (χ3n) is 4.95. The van der Waals surface area contributed by atoms with Crippen LogP contribution in [0.2, 0.25) is 0 Å². The number of nitrogens with one attached hydrogen (secondary N) is 1. The van der Waals surface area contributed by atoms with E-state index >= 15 is 0 Å². The van der Waals surface area contributed by atoms with Gasteiger partial charge in [-0.25, -0.2) is 4.68 Å². The summed E-state index contributed by atoms with van der Waals surface area (Å²) in [5, 5.41) is 15.7. The normalized spacial score (nSPS) is 21.0. The first-order chi connectivity index (χ1) is 13.1. The molecule has 146 valence electrons. The fourth-order valence-electron chi connectivity index (χ4n) is 3.36. The first-order valence-corrected chi connectivity index (χ1v) is 10.3. The minimum atomic E-state index is -0.385. The van der Waals surface area contributed by atoms with E-state index in [1.807, 2.05) is 6.26 Å². The number of carbonyl (C=O) groups is 1. The predicted octanol–water partition coefficient (Wildman–Crippen LogP) is 1.52. The molecule has 8 nitrogen and oxygen atoms in total.